The highest BCUT2D eigenvalue weighted by molar-refractivity contribution is 7.07. The largest absolute Gasteiger partial charge is 0.299 e. The zero-order valence-electron chi connectivity index (χ0n) is 10.1. The van der Waals surface area contributed by atoms with E-state index in [2.05, 4.69) is 6.58 Å². The highest BCUT2D eigenvalue weighted by atomic mass is 32.1. The van der Waals surface area contributed by atoms with Gasteiger partial charge < -0.3 is 0 Å². The Morgan fingerprint density at radius 3 is 2.67 bits per heavy atom. The summed E-state index contributed by atoms with van der Waals surface area (Å²) in [5, 5.41) is 0. The van der Waals surface area contributed by atoms with Crippen molar-refractivity contribution in [1.29, 1.82) is 0 Å². The summed E-state index contributed by atoms with van der Waals surface area (Å²) in [4.78, 5) is 23.7. The molecule has 0 N–H and O–H groups in total. The van der Waals surface area contributed by atoms with Crippen LogP contribution in [0.4, 0.5) is 0 Å². The predicted octanol–water partition coefficient (Wildman–Crippen LogP) is 1.00. The van der Waals surface area contributed by atoms with E-state index in [0.29, 0.717) is 21.3 Å². The normalized spacial score (nSPS) is 11.7. The van der Waals surface area contributed by atoms with Gasteiger partial charge in [-0.15, -0.1) is 11.3 Å². The summed E-state index contributed by atoms with van der Waals surface area (Å²) < 4.78 is 2.68. The SMILES string of the molecule is C=c1sc(=CC(=O)c2ccccc2)n(CC)c1=O. The Balaban J connectivity index is 2.53. The van der Waals surface area contributed by atoms with Crippen LogP contribution in [0, 0.1) is 0 Å². The Hall–Kier alpha value is -1.94. The third-order valence-corrected chi connectivity index (χ3v) is 3.57. The first-order valence-electron chi connectivity index (χ1n) is 5.63. The van der Waals surface area contributed by atoms with Crippen LogP contribution in [-0.4, -0.2) is 10.4 Å². The van der Waals surface area contributed by atoms with Crippen molar-refractivity contribution in [3.05, 3.63) is 55.4 Å². The lowest BCUT2D eigenvalue weighted by Crippen LogP contribution is -2.30. The summed E-state index contributed by atoms with van der Waals surface area (Å²) in [5.41, 5.74) is 0.501. The monoisotopic (exact) mass is 259 g/mol. The fourth-order valence-corrected chi connectivity index (χ4v) is 2.62. The van der Waals surface area contributed by atoms with Crippen LogP contribution in [0.3, 0.4) is 0 Å². The molecular weight excluding hydrogens is 246 g/mol. The van der Waals surface area contributed by atoms with E-state index in [-0.39, 0.29) is 11.3 Å². The first-order chi connectivity index (χ1) is 8.63. The molecule has 92 valence electrons. The van der Waals surface area contributed by atoms with Gasteiger partial charge in [-0.2, -0.15) is 0 Å². The first kappa shape index (κ1) is 12.5. The van der Waals surface area contributed by atoms with Gasteiger partial charge in [0.25, 0.3) is 5.56 Å². The van der Waals surface area contributed by atoms with Crippen molar-refractivity contribution in [3.63, 3.8) is 0 Å². The Bertz CT molecular complexity index is 725. The van der Waals surface area contributed by atoms with Gasteiger partial charge in [-0.3, -0.25) is 14.2 Å². The Morgan fingerprint density at radius 1 is 1.39 bits per heavy atom. The van der Waals surface area contributed by atoms with Gasteiger partial charge in [0, 0.05) is 18.2 Å². The second kappa shape index (κ2) is 5.14. The van der Waals surface area contributed by atoms with Crippen molar-refractivity contribution in [1.82, 2.24) is 4.57 Å². The molecule has 3 nitrogen and oxygen atoms in total. The molecule has 2 aromatic rings. The number of hydrogen-bond donors (Lipinski definition) is 0. The molecule has 0 fully saturated rings. The van der Waals surface area contributed by atoms with Gasteiger partial charge in [-0.1, -0.05) is 36.9 Å². The number of thiazole rings is 1. The minimum absolute atomic E-state index is 0.0981. The van der Waals surface area contributed by atoms with Gasteiger partial charge in [-0.05, 0) is 6.92 Å². The predicted molar refractivity (Wildman–Crippen MR) is 74.3 cm³/mol. The van der Waals surface area contributed by atoms with Crippen molar-refractivity contribution < 1.29 is 4.79 Å². The van der Waals surface area contributed by atoms with Gasteiger partial charge >= 0.3 is 0 Å². The number of nitrogens with zero attached hydrogens (tertiary/aromatic N) is 1. The fraction of sp³-hybridized carbons (Fsp3) is 0.143. The average Bonchev–Trinajstić information content (AvgIpc) is 2.65. The lowest BCUT2D eigenvalue weighted by atomic mass is 10.1. The molecule has 1 aromatic carbocycles. The summed E-state index contributed by atoms with van der Waals surface area (Å²) >= 11 is 1.25. The highest BCUT2D eigenvalue weighted by Crippen LogP contribution is 2.00. The van der Waals surface area contributed by atoms with Crippen LogP contribution in [0.25, 0.3) is 12.7 Å². The molecule has 0 bridgehead atoms. The number of aromatic nitrogens is 1. The van der Waals surface area contributed by atoms with E-state index in [4.69, 9.17) is 0 Å². The van der Waals surface area contributed by atoms with E-state index in [1.54, 1.807) is 16.7 Å². The molecule has 0 radical (unpaired) electrons. The molecule has 0 amide bonds. The summed E-state index contributed by atoms with van der Waals surface area (Å²) in [6.45, 7) is 6.10. The molecule has 0 aliphatic rings. The average molecular weight is 259 g/mol. The molecule has 1 heterocycles. The Kier molecular flexibility index (Phi) is 3.58. The summed E-state index contributed by atoms with van der Waals surface area (Å²) in [5.74, 6) is -0.0981. The van der Waals surface area contributed by atoms with Crippen LogP contribution in [0.1, 0.15) is 17.3 Å². The molecule has 0 atom stereocenters. The zero-order valence-corrected chi connectivity index (χ0v) is 10.9. The minimum atomic E-state index is -0.116. The maximum atomic E-state index is 12.0. The minimum Gasteiger partial charge on any atom is -0.299 e. The molecular formula is C14H13NO2S. The van der Waals surface area contributed by atoms with E-state index in [1.807, 2.05) is 25.1 Å². The van der Waals surface area contributed by atoms with Crippen molar-refractivity contribution in [2.75, 3.05) is 0 Å². The van der Waals surface area contributed by atoms with Crippen LogP contribution in [0.2, 0.25) is 0 Å². The molecule has 0 aliphatic carbocycles. The van der Waals surface area contributed by atoms with E-state index in [9.17, 15) is 9.59 Å². The lowest BCUT2D eigenvalue weighted by Gasteiger charge is -1.96. The molecule has 18 heavy (non-hydrogen) atoms. The quantitative estimate of drug-likeness (QED) is 0.772. The van der Waals surface area contributed by atoms with Gasteiger partial charge in [0.2, 0.25) is 0 Å². The molecule has 0 saturated carbocycles. The summed E-state index contributed by atoms with van der Waals surface area (Å²) in [6.07, 6.45) is 1.50. The van der Waals surface area contributed by atoms with Crippen LogP contribution >= 0.6 is 11.3 Å². The standard InChI is InChI=1S/C14H13NO2S/c1-3-15-13(18-10(2)14(15)17)9-12(16)11-7-5-4-6-8-11/h4-9H,2-3H2,1H3. The number of ketones is 1. The Morgan fingerprint density at radius 2 is 2.06 bits per heavy atom. The molecule has 2 rings (SSSR count). The number of carbonyl (C=O) groups excluding carboxylic acids is 1. The van der Waals surface area contributed by atoms with Crippen LogP contribution < -0.4 is 14.8 Å². The maximum absolute atomic E-state index is 12.0. The van der Waals surface area contributed by atoms with Crippen molar-refractivity contribution >= 4 is 29.8 Å². The van der Waals surface area contributed by atoms with E-state index in [0.717, 1.165) is 0 Å². The van der Waals surface area contributed by atoms with Gasteiger partial charge in [0.15, 0.2) is 5.78 Å². The molecule has 4 heteroatoms. The topological polar surface area (TPSA) is 39.1 Å². The molecule has 0 unspecified atom stereocenters. The van der Waals surface area contributed by atoms with Crippen LogP contribution in [-0.2, 0) is 6.54 Å². The van der Waals surface area contributed by atoms with E-state index < -0.39 is 0 Å². The second-order valence-electron chi connectivity index (χ2n) is 3.79. The second-order valence-corrected chi connectivity index (χ2v) is 4.90. The van der Waals surface area contributed by atoms with Gasteiger partial charge in [0.1, 0.15) is 4.66 Å². The third-order valence-electron chi connectivity index (χ3n) is 2.61. The van der Waals surface area contributed by atoms with Crippen molar-refractivity contribution in [2.45, 2.75) is 13.5 Å². The van der Waals surface area contributed by atoms with Gasteiger partial charge in [-0.25, -0.2) is 0 Å². The smallest absolute Gasteiger partial charge is 0.268 e. The van der Waals surface area contributed by atoms with E-state index >= 15 is 0 Å². The first-order valence-corrected chi connectivity index (χ1v) is 6.45. The maximum Gasteiger partial charge on any atom is 0.268 e. The number of Topliss-reactive ketones (excluding diaryl/α,β-unsaturated/α-hetero) is 1. The van der Waals surface area contributed by atoms with E-state index in [1.165, 1.54) is 17.4 Å². The Labute approximate surface area is 108 Å². The molecule has 0 saturated heterocycles. The third kappa shape index (κ3) is 2.33. The summed E-state index contributed by atoms with van der Waals surface area (Å²) in [6, 6.07) is 9.00. The van der Waals surface area contributed by atoms with Crippen molar-refractivity contribution in [3.8, 4) is 0 Å². The number of benzene rings is 1. The zero-order chi connectivity index (χ0) is 13.1. The van der Waals surface area contributed by atoms with Crippen LogP contribution in [0.5, 0.6) is 0 Å². The number of hydrogen-bond acceptors (Lipinski definition) is 3. The lowest BCUT2D eigenvalue weighted by molar-refractivity contribution is 0.106. The number of carbonyl (C=O) groups is 1. The van der Waals surface area contributed by atoms with Crippen molar-refractivity contribution in [2.24, 2.45) is 0 Å². The fourth-order valence-electron chi connectivity index (χ4n) is 1.68. The molecule has 0 aliphatic heterocycles. The summed E-state index contributed by atoms with van der Waals surface area (Å²) in [7, 11) is 0. The highest BCUT2D eigenvalue weighted by Gasteiger charge is 2.05. The molecule has 0 spiro atoms. The molecule has 1 aromatic heterocycles. The number of rotatable bonds is 3. The van der Waals surface area contributed by atoms with Gasteiger partial charge in [0.05, 0.1) is 4.53 Å². The van der Waals surface area contributed by atoms with Crippen LogP contribution in [0.15, 0.2) is 35.1 Å².